The number of imidazole rings is 1. The van der Waals surface area contributed by atoms with Crippen LogP contribution in [0.4, 0.5) is 0 Å². The van der Waals surface area contributed by atoms with Gasteiger partial charge in [0.2, 0.25) is 0 Å². The van der Waals surface area contributed by atoms with Gasteiger partial charge in [-0.05, 0) is 26.2 Å². The third-order valence-corrected chi connectivity index (χ3v) is 3.57. The van der Waals surface area contributed by atoms with Crippen molar-refractivity contribution in [3.63, 3.8) is 0 Å². The Hall–Kier alpha value is -1.09. The molecule has 1 atom stereocenters. The van der Waals surface area contributed by atoms with Gasteiger partial charge in [0.05, 0.1) is 7.05 Å². The summed E-state index contributed by atoms with van der Waals surface area (Å²) >= 11 is 0. The van der Waals surface area contributed by atoms with E-state index in [4.69, 9.17) is 0 Å². The van der Waals surface area contributed by atoms with Crippen LogP contribution in [0.5, 0.6) is 0 Å². The Bertz CT molecular complexity index is 369. The molecule has 3 nitrogen and oxygen atoms in total. The summed E-state index contributed by atoms with van der Waals surface area (Å²) in [6.45, 7) is 5.53. The molecular formula is C16H29N2O+. The van der Waals surface area contributed by atoms with E-state index in [2.05, 4.69) is 16.1 Å². The number of aliphatic hydroxyl groups is 1. The maximum atomic E-state index is 9.52. The first-order chi connectivity index (χ1) is 9.15. The van der Waals surface area contributed by atoms with Gasteiger partial charge in [-0.3, -0.25) is 0 Å². The molecule has 0 fully saturated rings. The third-order valence-electron chi connectivity index (χ3n) is 3.57. The molecule has 1 rings (SSSR count). The minimum absolute atomic E-state index is 0.412. The summed E-state index contributed by atoms with van der Waals surface area (Å²) in [7, 11) is 2.03. The highest BCUT2D eigenvalue weighted by molar-refractivity contribution is 4.97. The van der Waals surface area contributed by atoms with Crippen molar-refractivity contribution in [2.24, 2.45) is 7.05 Å². The molecule has 1 heterocycles. The fraction of sp³-hybridized carbons (Fsp3) is 0.688. The minimum atomic E-state index is -0.412. The van der Waals surface area contributed by atoms with E-state index >= 15 is 0 Å². The number of aromatic nitrogens is 2. The van der Waals surface area contributed by atoms with Crippen LogP contribution in [0, 0.1) is 0 Å². The third kappa shape index (κ3) is 6.06. The Labute approximate surface area is 117 Å². The van der Waals surface area contributed by atoms with Crippen LogP contribution in [0.1, 0.15) is 69.5 Å². The first-order valence-electron chi connectivity index (χ1n) is 7.51. The van der Waals surface area contributed by atoms with Crippen molar-refractivity contribution in [3.05, 3.63) is 30.4 Å². The summed E-state index contributed by atoms with van der Waals surface area (Å²) in [5.41, 5.74) is 0.905. The smallest absolute Gasteiger partial charge is 0.254 e. The zero-order valence-corrected chi connectivity index (χ0v) is 12.5. The molecule has 108 valence electrons. The van der Waals surface area contributed by atoms with Crippen molar-refractivity contribution in [2.45, 2.75) is 64.4 Å². The molecule has 0 amide bonds. The van der Waals surface area contributed by atoms with Crippen molar-refractivity contribution in [2.75, 3.05) is 0 Å². The van der Waals surface area contributed by atoms with Crippen molar-refractivity contribution in [1.29, 1.82) is 0 Å². The second kappa shape index (κ2) is 8.92. The molecule has 0 aliphatic rings. The lowest BCUT2D eigenvalue weighted by atomic mass is 10.1. The quantitative estimate of drug-likeness (QED) is 0.380. The number of unbranched alkanes of at least 4 members (excludes halogenated alkanes) is 6. The second-order valence-electron chi connectivity index (χ2n) is 5.39. The van der Waals surface area contributed by atoms with Crippen LogP contribution in [-0.2, 0) is 13.5 Å². The number of H-pyrrole nitrogens is 1. The van der Waals surface area contributed by atoms with E-state index in [9.17, 15) is 5.11 Å². The van der Waals surface area contributed by atoms with Gasteiger partial charge in [0.15, 0.2) is 5.69 Å². The molecule has 1 aromatic heterocycles. The highest BCUT2D eigenvalue weighted by atomic mass is 16.3. The van der Waals surface area contributed by atoms with E-state index in [-0.39, 0.29) is 0 Å². The molecular weight excluding hydrogens is 236 g/mol. The SMILES string of the molecule is C=CCCCCCCCCc1[nH]c(C(C)O)c[n+]1C. The molecule has 0 saturated heterocycles. The highest BCUT2D eigenvalue weighted by Gasteiger charge is 2.15. The fourth-order valence-electron chi connectivity index (χ4n) is 2.31. The number of aryl methyl sites for hydroxylation is 2. The number of hydrogen-bond donors (Lipinski definition) is 2. The predicted octanol–water partition coefficient (Wildman–Crippen LogP) is 3.35. The molecule has 0 bridgehead atoms. The van der Waals surface area contributed by atoms with Gasteiger partial charge in [0, 0.05) is 6.42 Å². The first-order valence-corrected chi connectivity index (χ1v) is 7.51. The van der Waals surface area contributed by atoms with E-state index in [1.165, 1.54) is 44.3 Å². The van der Waals surface area contributed by atoms with Crippen LogP contribution in [-0.4, -0.2) is 10.1 Å². The molecule has 0 aliphatic heterocycles. The van der Waals surface area contributed by atoms with Crippen molar-refractivity contribution < 1.29 is 9.67 Å². The maximum Gasteiger partial charge on any atom is 0.254 e. The zero-order chi connectivity index (χ0) is 14.1. The van der Waals surface area contributed by atoms with Gasteiger partial charge in [0.1, 0.15) is 12.3 Å². The summed E-state index contributed by atoms with van der Waals surface area (Å²) in [5, 5.41) is 9.52. The van der Waals surface area contributed by atoms with E-state index in [0.717, 1.165) is 18.5 Å². The van der Waals surface area contributed by atoms with Gasteiger partial charge in [-0.25, -0.2) is 9.55 Å². The van der Waals surface area contributed by atoms with Crippen LogP contribution >= 0.6 is 0 Å². The van der Waals surface area contributed by atoms with Crippen molar-refractivity contribution in [1.82, 2.24) is 4.98 Å². The van der Waals surface area contributed by atoms with Crippen LogP contribution < -0.4 is 4.57 Å². The van der Waals surface area contributed by atoms with E-state index in [0.29, 0.717) is 0 Å². The normalized spacial score (nSPS) is 12.6. The fourth-order valence-corrected chi connectivity index (χ4v) is 2.31. The number of aliphatic hydroxyl groups excluding tert-OH is 1. The maximum absolute atomic E-state index is 9.52. The monoisotopic (exact) mass is 265 g/mol. The average molecular weight is 265 g/mol. The molecule has 19 heavy (non-hydrogen) atoms. The lowest BCUT2D eigenvalue weighted by Crippen LogP contribution is -2.30. The molecule has 1 unspecified atom stereocenters. The van der Waals surface area contributed by atoms with Crippen molar-refractivity contribution in [3.8, 4) is 0 Å². The number of aromatic amines is 1. The lowest BCUT2D eigenvalue weighted by Gasteiger charge is -1.99. The van der Waals surface area contributed by atoms with E-state index < -0.39 is 6.10 Å². The lowest BCUT2D eigenvalue weighted by molar-refractivity contribution is -0.678. The number of allylic oxidation sites excluding steroid dienone is 1. The Morgan fingerprint density at radius 1 is 1.26 bits per heavy atom. The first kappa shape index (κ1) is 16.0. The van der Waals surface area contributed by atoms with Crippen LogP contribution in [0.25, 0.3) is 0 Å². The number of nitrogens with zero attached hydrogens (tertiary/aromatic N) is 1. The average Bonchev–Trinajstić information content (AvgIpc) is 2.74. The van der Waals surface area contributed by atoms with Crippen LogP contribution in [0.15, 0.2) is 18.9 Å². The summed E-state index contributed by atoms with van der Waals surface area (Å²) in [5.74, 6) is 1.21. The molecule has 3 heteroatoms. The molecule has 2 N–H and O–H groups in total. The van der Waals surface area contributed by atoms with Gasteiger partial charge in [-0.15, -0.1) is 6.58 Å². The van der Waals surface area contributed by atoms with E-state index in [1.807, 2.05) is 19.3 Å². The van der Waals surface area contributed by atoms with Gasteiger partial charge in [0.25, 0.3) is 5.82 Å². The van der Waals surface area contributed by atoms with Crippen LogP contribution in [0.3, 0.4) is 0 Å². The second-order valence-corrected chi connectivity index (χ2v) is 5.39. The highest BCUT2D eigenvalue weighted by Crippen LogP contribution is 2.11. The predicted molar refractivity (Wildman–Crippen MR) is 78.8 cm³/mol. The largest absolute Gasteiger partial charge is 0.385 e. The Morgan fingerprint density at radius 2 is 1.89 bits per heavy atom. The molecule has 0 spiro atoms. The Kier molecular flexibility index (Phi) is 7.49. The number of nitrogens with one attached hydrogen (secondary N) is 1. The molecule has 0 aromatic carbocycles. The minimum Gasteiger partial charge on any atom is -0.385 e. The zero-order valence-electron chi connectivity index (χ0n) is 12.5. The molecule has 0 aliphatic carbocycles. The summed E-state index contributed by atoms with van der Waals surface area (Å²) in [4.78, 5) is 3.30. The summed E-state index contributed by atoms with van der Waals surface area (Å²) in [6, 6.07) is 0. The Morgan fingerprint density at radius 3 is 2.47 bits per heavy atom. The van der Waals surface area contributed by atoms with Crippen LogP contribution in [0.2, 0.25) is 0 Å². The van der Waals surface area contributed by atoms with Gasteiger partial charge >= 0.3 is 0 Å². The van der Waals surface area contributed by atoms with Gasteiger partial charge in [-0.2, -0.15) is 0 Å². The molecule has 1 aromatic rings. The summed E-state index contributed by atoms with van der Waals surface area (Å²) in [6.07, 6.45) is 13.6. The standard InChI is InChI=1S/C16H28N2O/c1-4-5-6-7-8-9-10-11-12-16-17-15(14(2)19)13-18(16)3/h4,13-14,19H,1,5-12H2,2-3H3/p+1. The topological polar surface area (TPSA) is 39.9 Å². The van der Waals surface area contributed by atoms with Crippen molar-refractivity contribution >= 4 is 0 Å². The number of hydrogen-bond acceptors (Lipinski definition) is 1. The molecule has 0 saturated carbocycles. The Balaban J connectivity index is 2.14. The van der Waals surface area contributed by atoms with Gasteiger partial charge in [-0.1, -0.05) is 31.8 Å². The van der Waals surface area contributed by atoms with E-state index in [1.54, 1.807) is 6.92 Å². The summed E-state index contributed by atoms with van der Waals surface area (Å²) < 4.78 is 2.09. The molecule has 0 radical (unpaired) electrons. The van der Waals surface area contributed by atoms with Gasteiger partial charge < -0.3 is 5.11 Å². The number of rotatable bonds is 10.